The monoisotopic (exact) mass is 295 g/mol. The van der Waals surface area contributed by atoms with E-state index in [0.29, 0.717) is 24.2 Å². The van der Waals surface area contributed by atoms with Crippen LogP contribution < -0.4 is 0 Å². The first-order valence-electron chi connectivity index (χ1n) is 7.04. The highest BCUT2D eigenvalue weighted by Crippen LogP contribution is 2.24. The summed E-state index contributed by atoms with van der Waals surface area (Å²) in [7, 11) is -3.49. The van der Waals surface area contributed by atoms with Crippen LogP contribution in [0.1, 0.15) is 48.5 Å². The molecule has 0 unspecified atom stereocenters. The lowest BCUT2D eigenvalue weighted by molar-refractivity contribution is 0.101. The van der Waals surface area contributed by atoms with Gasteiger partial charge in [-0.2, -0.15) is 4.31 Å². The highest BCUT2D eigenvalue weighted by molar-refractivity contribution is 7.89. The Kier molecular flexibility index (Phi) is 4.60. The first kappa shape index (κ1) is 15.2. The van der Waals surface area contributed by atoms with Gasteiger partial charge in [-0.1, -0.05) is 25.0 Å². The predicted molar refractivity (Wildman–Crippen MR) is 78.4 cm³/mol. The molecular weight excluding hydrogens is 274 g/mol. The fourth-order valence-electron chi connectivity index (χ4n) is 2.52. The largest absolute Gasteiger partial charge is 0.295 e. The standard InChI is InChI=1S/C15H21NO3S/c1-12-7-8-14(13(2)17)11-15(12)20(18,19)16-9-5-3-4-6-10-16/h7-8,11H,3-6,9-10H2,1-2H3. The molecule has 1 aliphatic rings. The summed E-state index contributed by atoms with van der Waals surface area (Å²) >= 11 is 0. The van der Waals surface area contributed by atoms with Gasteiger partial charge in [0.1, 0.15) is 0 Å². The van der Waals surface area contributed by atoms with E-state index in [2.05, 4.69) is 0 Å². The molecule has 4 nitrogen and oxygen atoms in total. The summed E-state index contributed by atoms with van der Waals surface area (Å²) in [6.07, 6.45) is 3.98. The van der Waals surface area contributed by atoms with Crippen molar-refractivity contribution in [2.75, 3.05) is 13.1 Å². The van der Waals surface area contributed by atoms with Crippen molar-refractivity contribution in [1.29, 1.82) is 0 Å². The van der Waals surface area contributed by atoms with Gasteiger partial charge >= 0.3 is 0 Å². The second-order valence-corrected chi connectivity index (χ2v) is 7.26. The molecule has 0 atom stereocenters. The number of Topliss-reactive ketones (excluding diaryl/α,β-unsaturated/α-hetero) is 1. The van der Waals surface area contributed by atoms with Gasteiger partial charge in [-0.05, 0) is 38.3 Å². The number of benzene rings is 1. The quantitative estimate of drug-likeness (QED) is 0.806. The molecule has 0 aliphatic carbocycles. The average Bonchev–Trinajstić information content (AvgIpc) is 2.68. The van der Waals surface area contributed by atoms with E-state index >= 15 is 0 Å². The number of sulfonamides is 1. The molecule has 0 bridgehead atoms. The molecule has 1 fully saturated rings. The summed E-state index contributed by atoms with van der Waals surface area (Å²) < 4.78 is 27.1. The van der Waals surface area contributed by atoms with Crippen LogP contribution >= 0.6 is 0 Å². The SMILES string of the molecule is CC(=O)c1ccc(C)c(S(=O)(=O)N2CCCCCC2)c1. The molecule has 0 N–H and O–H groups in total. The van der Waals surface area contributed by atoms with Crippen LogP contribution in [0.3, 0.4) is 0 Å². The molecule has 0 radical (unpaired) electrons. The molecule has 0 spiro atoms. The molecule has 0 amide bonds. The van der Waals surface area contributed by atoms with Crippen LogP contribution in [0.15, 0.2) is 23.1 Å². The van der Waals surface area contributed by atoms with Crippen molar-refractivity contribution in [1.82, 2.24) is 4.31 Å². The number of aryl methyl sites for hydroxylation is 1. The van der Waals surface area contributed by atoms with Gasteiger partial charge < -0.3 is 0 Å². The minimum absolute atomic E-state index is 0.114. The number of ketones is 1. The lowest BCUT2D eigenvalue weighted by atomic mass is 10.1. The van der Waals surface area contributed by atoms with Gasteiger partial charge in [0.2, 0.25) is 10.0 Å². The number of rotatable bonds is 3. The van der Waals surface area contributed by atoms with Crippen molar-refractivity contribution >= 4 is 15.8 Å². The minimum atomic E-state index is -3.49. The third-order valence-electron chi connectivity index (χ3n) is 3.78. The number of carbonyl (C=O) groups is 1. The van der Waals surface area contributed by atoms with Crippen LogP contribution in [0.2, 0.25) is 0 Å². The second-order valence-electron chi connectivity index (χ2n) is 5.35. The number of hydrogen-bond donors (Lipinski definition) is 0. The molecule has 1 heterocycles. The smallest absolute Gasteiger partial charge is 0.243 e. The fourth-order valence-corrected chi connectivity index (χ4v) is 4.29. The lowest BCUT2D eigenvalue weighted by Gasteiger charge is -2.21. The van der Waals surface area contributed by atoms with Gasteiger partial charge in [0.25, 0.3) is 0 Å². The fraction of sp³-hybridized carbons (Fsp3) is 0.533. The minimum Gasteiger partial charge on any atom is -0.295 e. The van der Waals surface area contributed by atoms with Crippen molar-refractivity contribution in [3.05, 3.63) is 29.3 Å². The summed E-state index contributed by atoms with van der Waals surface area (Å²) in [5, 5.41) is 0. The molecule has 110 valence electrons. The summed E-state index contributed by atoms with van der Waals surface area (Å²) in [4.78, 5) is 11.7. The van der Waals surface area contributed by atoms with Crippen LogP contribution in [0.25, 0.3) is 0 Å². The van der Waals surface area contributed by atoms with Gasteiger partial charge in [0.15, 0.2) is 5.78 Å². The molecule has 1 saturated heterocycles. The second kappa shape index (κ2) is 6.06. The third-order valence-corrected chi connectivity index (χ3v) is 5.82. The van der Waals surface area contributed by atoms with E-state index in [1.165, 1.54) is 13.0 Å². The maximum absolute atomic E-state index is 12.8. The van der Waals surface area contributed by atoms with E-state index in [-0.39, 0.29) is 10.7 Å². The summed E-state index contributed by atoms with van der Waals surface area (Å²) in [6, 6.07) is 4.90. The van der Waals surface area contributed by atoms with E-state index in [1.807, 2.05) is 0 Å². The summed E-state index contributed by atoms with van der Waals surface area (Å²) in [6.45, 7) is 4.37. The highest BCUT2D eigenvalue weighted by atomic mass is 32.2. The van der Waals surface area contributed by atoms with Gasteiger partial charge in [-0.25, -0.2) is 8.42 Å². The molecule has 5 heteroatoms. The molecule has 20 heavy (non-hydrogen) atoms. The first-order valence-corrected chi connectivity index (χ1v) is 8.48. The summed E-state index contributed by atoms with van der Waals surface area (Å²) in [5.74, 6) is -0.114. The topological polar surface area (TPSA) is 54.5 Å². The van der Waals surface area contributed by atoms with Gasteiger partial charge in [0.05, 0.1) is 4.90 Å². The van der Waals surface area contributed by atoms with Crippen molar-refractivity contribution in [2.45, 2.75) is 44.4 Å². The zero-order chi connectivity index (χ0) is 14.8. The lowest BCUT2D eigenvalue weighted by Crippen LogP contribution is -2.32. The van der Waals surface area contributed by atoms with E-state index in [9.17, 15) is 13.2 Å². The molecule has 0 aromatic heterocycles. The van der Waals surface area contributed by atoms with Crippen LogP contribution in [-0.2, 0) is 10.0 Å². The molecule has 1 aromatic rings. The van der Waals surface area contributed by atoms with E-state index < -0.39 is 10.0 Å². The zero-order valence-corrected chi connectivity index (χ0v) is 12.9. The van der Waals surface area contributed by atoms with Gasteiger partial charge in [0, 0.05) is 18.7 Å². The van der Waals surface area contributed by atoms with Gasteiger partial charge in [-0.15, -0.1) is 0 Å². The molecule has 1 aromatic carbocycles. The van der Waals surface area contributed by atoms with E-state index in [0.717, 1.165) is 25.7 Å². The van der Waals surface area contributed by atoms with Crippen molar-refractivity contribution in [3.63, 3.8) is 0 Å². The maximum Gasteiger partial charge on any atom is 0.243 e. The predicted octanol–water partition coefficient (Wildman–Crippen LogP) is 2.76. The number of carbonyl (C=O) groups excluding carboxylic acids is 1. The van der Waals surface area contributed by atoms with E-state index in [1.54, 1.807) is 23.4 Å². The number of hydrogen-bond acceptors (Lipinski definition) is 3. The van der Waals surface area contributed by atoms with Crippen LogP contribution in [0.5, 0.6) is 0 Å². The van der Waals surface area contributed by atoms with Crippen molar-refractivity contribution < 1.29 is 13.2 Å². The van der Waals surface area contributed by atoms with Gasteiger partial charge in [-0.3, -0.25) is 4.79 Å². The Morgan fingerprint density at radius 2 is 1.70 bits per heavy atom. The van der Waals surface area contributed by atoms with Crippen molar-refractivity contribution in [3.8, 4) is 0 Å². The normalized spacial score (nSPS) is 17.7. The third kappa shape index (κ3) is 3.10. The first-order chi connectivity index (χ1) is 9.43. The van der Waals surface area contributed by atoms with E-state index in [4.69, 9.17) is 0 Å². The zero-order valence-electron chi connectivity index (χ0n) is 12.1. The molecular formula is C15H21NO3S. The Morgan fingerprint density at radius 1 is 1.10 bits per heavy atom. The van der Waals surface area contributed by atoms with Crippen LogP contribution in [-0.4, -0.2) is 31.6 Å². The Bertz CT molecular complexity index is 600. The summed E-state index contributed by atoms with van der Waals surface area (Å²) in [5.41, 5.74) is 1.14. The molecule has 1 aliphatic heterocycles. The Labute approximate surface area is 120 Å². The van der Waals surface area contributed by atoms with Crippen LogP contribution in [0.4, 0.5) is 0 Å². The Hall–Kier alpha value is -1.20. The maximum atomic E-state index is 12.8. The Morgan fingerprint density at radius 3 is 2.25 bits per heavy atom. The van der Waals surface area contributed by atoms with Crippen molar-refractivity contribution in [2.24, 2.45) is 0 Å². The average molecular weight is 295 g/mol. The highest BCUT2D eigenvalue weighted by Gasteiger charge is 2.27. The Balaban J connectivity index is 2.42. The molecule has 2 rings (SSSR count). The number of nitrogens with zero attached hydrogens (tertiary/aromatic N) is 1. The van der Waals surface area contributed by atoms with Crippen LogP contribution in [0, 0.1) is 6.92 Å². The molecule has 0 saturated carbocycles.